The Hall–Kier alpha value is -3.04. The Balaban J connectivity index is 1.36. The number of benzene rings is 2. The maximum absolute atomic E-state index is 13.0. The highest BCUT2D eigenvalue weighted by atomic mass is 32.2. The molecule has 0 radical (unpaired) electrons. The molecule has 8 nitrogen and oxygen atoms in total. The van der Waals surface area contributed by atoms with Gasteiger partial charge in [-0.25, -0.2) is 18.1 Å². The Morgan fingerprint density at radius 1 is 1.06 bits per heavy atom. The zero-order chi connectivity index (χ0) is 22.6. The number of rotatable bonds is 7. The first kappa shape index (κ1) is 22.2. The number of aromatic nitrogens is 3. The van der Waals surface area contributed by atoms with Crippen molar-refractivity contribution < 1.29 is 13.2 Å². The molecule has 4 rings (SSSR count). The molecule has 168 valence electrons. The third kappa shape index (κ3) is 4.89. The molecule has 0 atom stereocenters. The van der Waals surface area contributed by atoms with Crippen LogP contribution in [0.1, 0.15) is 48.0 Å². The summed E-state index contributed by atoms with van der Waals surface area (Å²) in [4.78, 5) is 16.7. The van der Waals surface area contributed by atoms with Gasteiger partial charge in [-0.15, -0.1) is 0 Å². The van der Waals surface area contributed by atoms with Crippen molar-refractivity contribution in [2.75, 3.05) is 7.05 Å². The minimum Gasteiger partial charge on any atom is -0.348 e. The van der Waals surface area contributed by atoms with Gasteiger partial charge in [-0.1, -0.05) is 31.4 Å². The number of amides is 1. The van der Waals surface area contributed by atoms with Crippen LogP contribution in [0.15, 0.2) is 66.1 Å². The third-order valence-electron chi connectivity index (χ3n) is 5.96. The second kappa shape index (κ2) is 9.62. The SMILES string of the molecule is CN(C1CCCCC1)S(=O)(=O)c1ccc(C(=O)NCc2ccc(-n3cncn3)cc2)cc1. The van der Waals surface area contributed by atoms with Gasteiger partial charge in [0.15, 0.2) is 0 Å². The molecule has 1 aromatic heterocycles. The van der Waals surface area contributed by atoms with Crippen LogP contribution in [-0.4, -0.2) is 46.5 Å². The summed E-state index contributed by atoms with van der Waals surface area (Å²) in [6.07, 6.45) is 8.18. The highest BCUT2D eigenvalue weighted by Crippen LogP contribution is 2.26. The Kier molecular flexibility index (Phi) is 6.66. The van der Waals surface area contributed by atoms with Crippen LogP contribution in [0.2, 0.25) is 0 Å². The number of sulfonamides is 1. The molecule has 32 heavy (non-hydrogen) atoms. The van der Waals surface area contributed by atoms with Gasteiger partial charge in [0.2, 0.25) is 10.0 Å². The molecule has 1 aliphatic carbocycles. The van der Waals surface area contributed by atoms with Crippen molar-refractivity contribution in [1.82, 2.24) is 24.4 Å². The number of nitrogens with zero attached hydrogens (tertiary/aromatic N) is 4. The molecule has 0 unspecified atom stereocenters. The fraction of sp³-hybridized carbons (Fsp3) is 0.348. The van der Waals surface area contributed by atoms with E-state index >= 15 is 0 Å². The third-order valence-corrected chi connectivity index (χ3v) is 7.88. The molecule has 9 heteroatoms. The summed E-state index contributed by atoms with van der Waals surface area (Å²) in [6, 6.07) is 13.8. The highest BCUT2D eigenvalue weighted by molar-refractivity contribution is 7.89. The van der Waals surface area contributed by atoms with Gasteiger partial charge in [-0.3, -0.25) is 4.79 Å². The van der Waals surface area contributed by atoms with Crippen molar-refractivity contribution >= 4 is 15.9 Å². The van der Waals surface area contributed by atoms with Crippen LogP contribution in [0, 0.1) is 0 Å². The molecule has 1 N–H and O–H groups in total. The van der Waals surface area contributed by atoms with Crippen molar-refractivity contribution in [1.29, 1.82) is 0 Å². The summed E-state index contributed by atoms with van der Waals surface area (Å²) >= 11 is 0. The van der Waals surface area contributed by atoms with Crippen molar-refractivity contribution in [3.05, 3.63) is 72.3 Å². The predicted molar refractivity (Wildman–Crippen MR) is 121 cm³/mol. The molecule has 2 aromatic carbocycles. The monoisotopic (exact) mass is 453 g/mol. The van der Waals surface area contributed by atoms with E-state index in [0.29, 0.717) is 12.1 Å². The molecule has 1 fully saturated rings. The minimum atomic E-state index is -3.57. The molecule has 1 amide bonds. The standard InChI is InChI=1S/C23H27N5O3S/c1-27(20-5-3-2-4-6-20)32(30,31)22-13-9-19(10-14-22)23(29)25-15-18-7-11-21(12-8-18)28-17-24-16-26-28/h7-14,16-17,20H,2-6,15H2,1H3,(H,25,29). The Bertz CT molecular complexity index is 1140. The van der Waals surface area contributed by atoms with Crippen molar-refractivity contribution in [2.45, 2.75) is 49.6 Å². The van der Waals surface area contributed by atoms with Gasteiger partial charge in [0.1, 0.15) is 12.7 Å². The number of hydrogen-bond acceptors (Lipinski definition) is 5. The molecule has 0 aliphatic heterocycles. The van der Waals surface area contributed by atoms with Gasteiger partial charge in [0, 0.05) is 25.2 Å². The Labute approximate surface area is 188 Å². The fourth-order valence-electron chi connectivity index (χ4n) is 3.98. The van der Waals surface area contributed by atoms with Gasteiger partial charge < -0.3 is 5.32 Å². The lowest BCUT2D eigenvalue weighted by molar-refractivity contribution is 0.0951. The van der Waals surface area contributed by atoms with E-state index < -0.39 is 10.0 Å². The van der Waals surface area contributed by atoms with E-state index in [0.717, 1.165) is 36.9 Å². The fourth-order valence-corrected chi connectivity index (χ4v) is 5.39. The lowest BCUT2D eigenvalue weighted by Gasteiger charge is -2.30. The Morgan fingerprint density at radius 3 is 2.38 bits per heavy atom. The lowest BCUT2D eigenvalue weighted by atomic mass is 9.96. The first-order chi connectivity index (χ1) is 15.4. The number of hydrogen-bond donors (Lipinski definition) is 1. The van der Waals surface area contributed by atoms with E-state index in [1.807, 2.05) is 24.3 Å². The normalized spacial score (nSPS) is 15.1. The van der Waals surface area contributed by atoms with Gasteiger partial charge >= 0.3 is 0 Å². The number of nitrogens with one attached hydrogen (secondary N) is 1. The average molecular weight is 454 g/mol. The van der Waals surface area contributed by atoms with Gasteiger partial charge in [0.25, 0.3) is 5.91 Å². The molecule has 0 bridgehead atoms. The Morgan fingerprint density at radius 2 is 1.75 bits per heavy atom. The van der Waals surface area contributed by atoms with Crippen molar-refractivity contribution in [2.24, 2.45) is 0 Å². The first-order valence-electron chi connectivity index (χ1n) is 10.8. The molecule has 0 spiro atoms. The molecular weight excluding hydrogens is 426 g/mol. The first-order valence-corrected chi connectivity index (χ1v) is 12.2. The number of carbonyl (C=O) groups excluding carboxylic acids is 1. The van der Waals surface area contributed by atoms with E-state index in [-0.39, 0.29) is 16.8 Å². The van der Waals surface area contributed by atoms with Gasteiger partial charge in [-0.05, 0) is 54.8 Å². The predicted octanol–water partition coefficient (Wildman–Crippen LogP) is 3.15. The molecule has 1 saturated carbocycles. The van der Waals surface area contributed by atoms with Crippen LogP contribution in [0.4, 0.5) is 0 Å². The van der Waals surface area contributed by atoms with Crippen LogP contribution < -0.4 is 5.32 Å². The topological polar surface area (TPSA) is 97.2 Å². The number of carbonyl (C=O) groups is 1. The zero-order valence-electron chi connectivity index (χ0n) is 18.0. The van der Waals surface area contributed by atoms with Crippen molar-refractivity contribution in [3.8, 4) is 5.69 Å². The molecule has 1 heterocycles. The summed E-state index contributed by atoms with van der Waals surface area (Å²) in [6.45, 7) is 0.362. The highest BCUT2D eigenvalue weighted by Gasteiger charge is 2.29. The molecule has 0 saturated heterocycles. The smallest absolute Gasteiger partial charge is 0.251 e. The van der Waals surface area contributed by atoms with Crippen LogP contribution in [-0.2, 0) is 16.6 Å². The summed E-state index contributed by atoms with van der Waals surface area (Å²) in [5.41, 5.74) is 2.24. The largest absolute Gasteiger partial charge is 0.348 e. The maximum Gasteiger partial charge on any atom is 0.251 e. The average Bonchev–Trinajstić information content (AvgIpc) is 3.38. The van der Waals surface area contributed by atoms with Gasteiger partial charge in [0.05, 0.1) is 10.6 Å². The minimum absolute atomic E-state index is 0.0488. The molecule has 1 aliphatic rings. The lowest BCUT2D eigenvalue weighted by Crippen LogP contribution is -2.38. The van der Waals surface area contributed by atoms with E-state index in [1.165, 1.54) is 29.2 Å². The molecule has 3 aromatic rings. The summed E-state index contributed by atoms with van der Waals surface area (Å²) in [5, 5.41) is 6.95. The second-order valence-corrected chi connectivity index (χ2v) is 10.0. The zero-order valence-corrected chi connectivity index (χ0v) is 18.8. The van der Waals surface area contributed by atoms with Crippen molar-refractivity contribution in [3.63, 3.8) is 0 Å². The summed E-state index contributed by atoms with van der Waals surface area (Å²) in [5.74, 6) is -0.255. The van der Waals surface area contributed by atoms with Crippen LogP contribution in [0.5, 0.6) is 0 Å². The van der Waals surface area contributed by atoms with E-state index in [1.54, 1.807) is 30.2 Å². The second-order valence-electron chi connectivity index (χ2n) is 8.03. The van der Waals surface area contributed by atoms with Crippen LogP contribution in [0.25, 0.3) is 5.69 Å². The maximum atomic E-state index is 13.0. The van der Waals surface area contributed by atoms with Crippen LogP contribution in [0.3, 0.4) is 0 Å². The summed E-state index contributed by atoms with van der Waals surface area (Å²) in [7, 11) is -1.92. The summed E-state index contributed by atoms with van der Waals surface area (Å²) < 4.78 is 29.0. The van der Waals surface area contributed by atoms with Gasteiger partial charge in [-0.2, -0.15) is 9.40 Å². The van der Waals surface area contributed by atoms with Crippen LogP contribution >= 0.6 is 0 Å². The quantitative estimate of drug-likeness (QED) is 0.593. The van der Waals surface area contributed by atoms with E-state index in [4.69, 9.17) is 0 Å². The van der Waals surface area contributed by atoms with E-state index in [2.05, 4.69) is 15.4 Å². The molecular formula is C23H27N5O3S. The van der Waals surface area contributed by atoms with E-state index in [9.17, 15) is 13.2 Å².